The van der Waals surface area contributed by atoms with Crippen molar-refractivity contribution in [1.82, 2.24) is 10.6 Å². The number of aliphatic hydroxyl groups excluding tert-OH is 1. The van der Waals surface area contributed by atoms with Crippen LogP contribution in [0.5, 0.6) is 5.75 Å². The fraction of sp³-hybridized carbons (Fsp3) is 0.550. The minimum absolute atomic E-state index is 0.0178. The highest BCUT2D eigenvalue weighted by Crippen LogP contribution is 2.14. The molecular weight excluding hydrogens is 380 g/mol. The molecule has 1 fully saturated rings. The van der Waals surface area contributed by atoms with Crippen molar-refractivity contribution < 1.29 is 34.0 Å². The van der Waals surface area contributed by atoms with Gasteiger partial charge < -0.3 is 20.5 Å². The number of amides is 1. The molecule has 1 aliphatic rings. The zero-order valence-corrected chi connectivity index (χ0v) is 16.5. The maximum atomic E-state index is 12.5. The van der Waals surface area contributed by atoms with Gasteiger partial charge in [-0.3, -0.25) is 19.4 Å². The number of Topliss-reactive ketones (excluding diaryl/α,β-unsaturated/α-hetero) is 1. The molecule has 1 aliphatic heterocycles. The summed E-state index contributed by atoms with van der Waals surface area (Å²) in [5.74, 6) is -1.13. The number of benzene rings is 1. The van der Waals surface area contributed by atoms with Crippen LogP contribution in [0, 0.1) is 0 Å². The Morgan fingerprint density at radius 2 is 1.90 bits per heavy atom. The number of rotatable bonds is 11. The number of hydrogen-bond acceptors (Lipinski definition) is 8. The van der Waals surface area contributed by atoms with E-state index in [1.54, 1.807) is 0 Å². The molecule has 1 saturated heterocycles. The second-order valence-corrected chi connectivity index (χ2v) is 6.74. The van der Waals surface area contributed by atoms with E-state index in [-0.39, 0.29) is 30.4 Å². The van der Waals surface area contributed by atoms with Gasteiger partial charge in [0.25, 0.3) is 0 Å². The third-order valence-corrected chi connectivity index (χ3v) is 4.39. The summed E-state index contributed by atoms with van der Waals surface area (Å²) in [5.41, 5.74) is 0.274. The van der Waals surface area contributed by atoms with Gasteiger partial charge in [-0.15, -0.1) is 0 Å². The maximum Gasteiger partial charge on any atom is 0.355 e. The van der Waals surface area contributed by atoms with E-state index in [0.29, 0.717) is 6.42 Å². The van der Waals surface area contributed by atoms with Crippen LogP contribution in [0.3, 0.4) is 0 Å². The number of hydrogen-bond donors (Lipinski definition) is 3. The van der Waals surface area contributed by atoms with E-state index in [4.69, 9.17) is 9.62 Å². The molecule has 1 aromatic carbocycles. The number of aliphatic hydroxyl groups is 1. The van der Waals surface area contributed by atoms with Gasteiger partial charge in [0, 0.05) is 12.0 Å². The standard InChI is InChI=1S/C20H28N2O7/c1-2-3-19(25)29-28-16-6-4-14(5-7-16)20(26)17(12-23)22-18(24)13-27-15-8-10-21-11-9-15/h4-7,15,17,21,23H,2-3,8-13H2,1H3,(H,22,24). The van der Waals surface area contributed by atoms with Crippen LogP contribution in [0.25, 0.3) is 0 Å². The third kappa shape index (κ3) is 7.80. The number of ether oxygens (including phenoxy) is 1. The Balaban J connectivity index is 1.82. The minimum atomic E-state index is -1.08. The average Bonchev–Trinajstić information content (AvgIpc) is 2.75. The second kappa shape index (κ2) is 12.2. The summed E-state index contributed by atoms with van der Waals surface area (Å²) in [6.07, 6.45) is 2.57. The number of piperidine rings is 1. The first-order valence-corrected chi connectivity index (χ1v) is 9.77. The van der Waals surface area contributed by atoms with Crippen LogP contribution in [0.1, 0.15) is 43.0 Å². The lowest BCUT2D eigenvalue weighted by atomic mass is 10.0. The van der Waals surface area contributed by atoms with E-state index >= 15 is 0 Å². The molecule has 0 spiro atoms. The van der Waals surface area contributed by atoms with Crippen LogP contribution in [0.15, 0.2) is 24.3 Å². The van der Waals surface area contributed by atoms with Gasteiger partial charge in [-0.25, -0.2) is 4.79 Å². The average molecular weight is 408 g/mol. The Morgan fingerprint density at radius 3 is 2.52 bits per heavy atom. The lowest BCUT2D eigenvalue weighted by molar-refractivity contribution is -0.213. The van der Waals surface area contributed by atoms with Crippen LogP contribution < -0.4 is 15.5 Å². The lowest BCUT2D eigenvalue weighted by Gasteiger charge is -2.23. The molecule has 9 nitrogen and oxygen atoms in total. The molecule has 9 heteroatoms. The van der Waals surface area contributed by atoms with Crippen LogP contribution in [0.4, 0.5) is 0 Å². The van der Waals surface area contributed by atoms with Gasteiger partial charge in [0.1, 0.15) is 12.6 Å². The van der Waals surface area contributed by atoms with Gasteiger partial charge in [-0.05, 0) is 56.6 Å². The fourth-order valence-electron chi connectivity index (χ4n) is 2.80. The molecule has 3 N–H and O–H groups in total. The SMILES string of the molecule is CCCC(=O)OOc1ccc(C(=O)C(CO)NC(=O)COC2CCNCC2)cc1. The summed E-state index contributed by atoms with van der Waals surface area (Å²) in [7, 11) is 0. The first kappa shape index (κ1) is 22.8. The van der Waals surface area contributed by atoms with Crippen LogP contribution in [-0.4, -0.2) is 61.2 Å². The minimum Gasteiger partial charge on any atom is -0.394 e. The van der Waals surface area contributed by atoms with E-state index in [0.717, 1.165) is 25.9 Å². The van der Waals surface area contributed by atoms with E-state index < -0.39 is 30.3 Å². The van der Waals surface area contributed by atoms with Crippen molar-refractivity contribution >= 4 is 17.7 Å². The van der Waals surface area contributed by atoms with Crippen LogP contribution >= 0.6 is 0 Å². The smallest absolute Gasteiger partial charge is 0.355 e. The molecule has 1 amide bonds. The van der Waals surface area contributed by atoms with Crippen molar-refractivity contribution in [2.45, 2.75) is 44.8 Å². The van der Waals surface area contributed by atoms with E-state index in [2.05, 4.69) is 15.5 Å². The van der Waals surface area contributed by atoms with E-state index in [1.807, 2.05) is 6.92 Å². The summed E-state index contributed by atoms with van der Waals surface area (Å²) in [4.78, 5) is 45.4. The highest BCUT2D eigenvalue weighted by molar-refractivity contribution is 6.02. The van der Waals surface area contributed by atoms with Crippen LogP contribution in [0.2, 0.25) is 0 Å². The highest BCUT2D eigenvalue weighted by Gasteiger charge is 2.22. The summed E-state index contributed by atoms with van der Waals surface area (Å²) in [6, 6.07) is 4.77. The molecule has 2 rings (SSSR count). The predicted molar refractivity (Wildman–Crippen MR) is 103 cm³/mol. The number of carbonyl (C=O) groups is 3. The van der Waals surface area contributed by atoms with Gasteiger partial charge >= 0.3 is 5.97 Å². The van der Waals surface area contributed by atoms with Crippen molar-refractivity contribution in [3.8, 4) is 5.75 Å². The summed E-state index contributed by atoms with van der Waals surface area (Å²) in [5, 5.41) is 15.2. The molecule has 1 heterocycles. The van der Waals surface area contributed by atoms with E-state index in [1.165, 1.54) is 24.3 Å². The molecular formula is C20H28N2O7. The molecule has 0 aromatic heterocycles. The maximum absolute atomic E-state index is 12.5. The largest absolute Gasteiger partial charge is 0.394 e. The zero-order valence-electron chi connectivity index (χ0n) is 16.5. The molecule has 0 radical (unpaired) electrons. The van der Waals surface area contributed by atoms with Gasteiger partial charge in [-0.2, -0.15) is 0 Å². The van der Waals surface area contributed by atoms with Crippen molar-refractivity contribution in [2.24, 2.45) is 0 Å². The molecule has 1 unspecified atom stereocenters. The van der Waals surface area contributed by atoms with Crippen molar-refractivity contribution in [1.29, 1.82) is 0 Å². The molecule has 0 saturated carbocycles. The van der Waals surface area contributed by atoms with Crippen molar-refractivity contribution in [2.75, 3.05) is 26.3 Å². The molecule has 0 aliphatic carbocycles. The molecule has 160 valence electrons. The number of nitrogens with one attached hydrogen (secondary N) is 2. The molecule has 1 atom stereocenters. The molecule has 29 heavy (non-hydrogen) atoms. The summed E-state index contributed by atoms with van der Waals surface area (Å²) in [6.45, 7) is 2.84. The zero-order chi connectivity index (χ0) is 21.1. The Kier molecular flexibility index (Phi) is 9.55. The Labute approximate surface area is 169 Å². The monoisotopic (exact) mass is 408 g/mol. The van der Waals surface area contributed by atoms with Gasteiger partial charge in [0.2, 0.25) is 5.91 Å². The predicted octanol–water partition coefficient (Wildman–Crippen LogP) is 0.752. The van der Waals surface area contributed by atoms with Crippen molar-refractivity contribution in [3.05, 3.63) is 29.8 Å². The quantitative estimate of drug-likeness (QED) is 0.278. The van der Waals surface area contributed by atoms with Gasteiger partial charge in [0.15, 0.2) is 11.5 Å². The fourth-order valence-corrected chi connectivity index (χ4v) is 2.80. The number of carbonyl (C=O) groups excluding carboxylic acids is 3. The first-order valence-electron chi connectivity index (χ1n) is 9.77. The molecule has 1 aromatic rings. The molecule has 0 bridgehead atoms. The third-order valence-electron chi connectivity index (χ3n) is 4.39. The first-order chi connectivity index (χ1) is 14.0. The topological polar surface area (TPSA) is 123 Å². The number of ketones is 1. The van der Waals surface area contributed by atoms with Crippen LogP contribution in [-0.2, 0) is 19.2 Å². The Hall–Kier alpha value is -2.49. The second-order valence-electron chi connectivity index (χ2n) is 6.74. The Bertz CT molecular complexity index is 672. The highest BCUT2D eigenvalue weighted by atomic mass is 17.2. The summed E-state index contributed by atoms with van der Waals surface area (Å²) >= 11 is 0. The lowest BCUT2D eigenvalue weighted by Crippen LogP contribution is -2.45. The normalized spacial score (nSPS) is 15.4. The Morgan fingerprint density at radius 1 is 1.21 bits per heavy atom. The summed E-state index contributed by atoms with van der Waals surface area (Å²) < 4.78 is 5.55. The van der Waals surface area contributed by atoms with Crippen molar-refractivity contribution in [3.63, 3.8) is 0 Å². The van der Waals surface area contributed by atoms with Gasteiger partial charge in [-0.1, -0.05) is 6.92 Å². The van der Waals surface area contributed by atoms with E-state index in [9.17, 15) is 19.5 Å². The van der Waals surface area contributed by atoms with Gasteiger partial charge in [0.05, 0.1) is 12.7 Å².